The first-order chi connectivity index (χ1) is 20.4. The fourth-order valence-corrected chi connectivity index (χ4v) is 5.39. The minimum atomic E-state index is -0.504. The van der Waals surface area contributed by atoms with Crippen LogP contribution in [0, 0.1) is 0 Å². The molecular formula is C32H30N4O5S. The van der Waals surface area contributed by atoms with Gasteiger partial charge in [-0.1, -0.05) is 49.0 Å². The Labute approximate surface area is 246 Å². The third-order valence-electron chi connectivity index (χ3n) is 6.63. The molecule has 3 aromatic carbocycles. The second-order valence-corrected chi connectivity index (χ2v) is 10.7. The van der Waals surface area contributed by atoms with Crippen LogP contribution in [0.3, 0.4) is 0 Å². The highest BCUT2D eigenvalue weighted by atomic mass is 32.2. The number of carbonyl (C=O) groups excluding carboxylic acids is 2. The first-order valence-electron chi connectivity index (χ1n) is 13.5. The van der Waals surface area contributed by atoms with Crippen molar-refractivity contribution in [3.05, 3.63) is 118 Å². The van der Waals surface area contributed by atoms with Crippen LogP contribution in [0.4, 0.5) is 5.69 Å². The van der Waals surface area contributed by atoms with E-state index in [2.05, 4.69) is 10.6 Å². The number of nitrogens with zero attached hydrogens (tertiary/aromatic N) is 2. The Hall–Kier alpha value is -4.83. The van der Waals surface area contributed by atoms with Crippen molar-refractivity contribution in [2.75, 3.05) is 12.4 Å². The van der Waals surface area contributed by atoms with Gasteiger partial charge in [0.1, 0.15) is 11.5 Å². The number of amides is 2. The quantitative estimate of drug-likeness (QED) is 0.156. The molecule has 0 saturated carbocycles. The number of hydrogen-bond donors (Lipinski definition) is 2. The highest BCUT2D eigenvalue weighted by Gasteiger charge is 2.22. The Balaban J connectivity index is 1.38. The van der Waals surface area contributed by atoms with Crippen LogP contribution in [0.2, 0.25) is 0 Å². The second kappa shape index (κ2) is 13.2. The fraction of sp³-hybridized carbons (Fsp3) is 0.188. The summed E-state index contributed by atoms with van der Waals surface area (Å²) in [5.74, 6) is 0.872. The zero-order chi connectivity index (χ0) is 29.5. The number of methoxy groups -OCH3 is 1. The number of benzene rings is 3. The van der Waals surface area contributed by atoms with Gasteiger partial charge in [0.15, 0.2) is 5.16 Å². The third-order valence-corrected chi connectivity index (χ3v) is 7.99. The highest BCUT2D eigenvalue weighted by molar-refractivity contribution is 8.00. The Kier molecular flexibility index (Phi) is 9.03. The maximum absolute atomic E-state index is 13.6. The minimum Gasteiger partial charge on any atom is -0.497 e. The molecule has 0 spiro atoms. The number of fused-ring (bicyclic) bond motifs is 1. The van der Waals surface area contributed by atoms with Crippen molar-refractivity contribution in [2.24, 2.45) is 0 Å². The molecule has 0 fully saturated rings. The number of para-hydroxylation sites is 1. The molecule has 0 aliphatic rings. The van der Waals surface area contributed by atoms with Crippen molar-refractivity contribution in [3.8, 4) is 5.75 Å². The molecule has 2 aromatic heterocycles. The van der Waals surface area contributed by atoms with Gasteiger partial charge >= 0.3 is 0 Å². The molecule has 5 aromatic rings. The van der Waals surface area contributed by atoms with E-state index in [9.17, 15) is 14.4 Å². The first kappa shape index (κ1) is 28.7. The number of nitrogens with one attached hydrogen (secondary N) is 2. The Bertz CT molecular complexity index is 1750. The number of aromatic nitrogens is 2. The SMILES string of the molecule is CCC(Sc1nc2ccccc2c(=O)n1Cc1ccc(C(=O)NCc2ccco2)cc1)C(=O)Nc1cccc(OC)c1. The van der Waals surface area contributed by atoms with Crippen LogP contribution in [-0.2, 0) is 17.9 Å². The van der Waals surface area contributed by atoms with E-state index in [4.69, 9.17) is 14.1 Å². The maximum Gasteiger partial charge on any atom is 0.262 e. The molecule has 1 atom stereocenters. The lowest BCUT2D eigenvalue weighted by Crippen LogP contribution is -2.28. The van der Waals surface area contributed by atoms with Crippen LogP contribution in [0.1, 0.15) is 35.0 Å². The summed E-state index contributed by atoms with van der Waals surface area (Å²) < 4.78 is 12.1. The lowest BCUT2D eigenvalue weighted by atomic mass is 10.1. The minimum absolute atomic E-state index is 0.199. The Morgan fingerprint density at radius 3 is 2.57 bits per heavy atom. The summed E-state index contributed by atoms with van der Waals surface area (Å²) >= 11 is 1.25. The third kappa shape index (κ3) is 6.72. The van der Waals surface area contributed by atoms with Crippen molar-refractivity contribution in [1.82, 2.24) is 14.9 Å². The fourth-order valence-electron chi connectivity index (χ4n) is 4.38. The number of hydrogen-bond acceptors (Lipinski definition) is 7. The predicted octanol–water partition coefficient (Wildman–Crippen LogP) is 5.49. The number of thioether (sulfide) groups is 1. The number of carbonyl (C=O) groups is 2. The summed E-state index contributed by atoms with van der Waals surface area (Å²) in [7, 11) is 1.57. The van der Waals surface area contributed by atoms with Crippen molar-refractivity contribution >= 4 is 40.2 Å². The zero-order valence-corrected chi connectivity index (χ0v) is 24.0. The Morgan fingerprint density at radius 1 is 1.02 bits per heavy atom. The van der Waals surface area contributed by atoms with E-state index in [1.165, 1.54) is 11.8 Å². The molecule has 0 saturated heterocycles. The van der Waals surface area contributed by atoms with Crippen molar-refractivity contribution in [3.63, 3.8) is 0 Å². The number of furan rings is 1. The lowest BCUT2D eigenvalue weighted by molar-refractivity contribution is -0.115. The molecular weight excluding hydrogens is 552 g/mol. The molecule has 2 heterocycles. The van der Waals surface area contributed by atoms with Crippen LogP contribution in [-0.4, -0.2) is 33.7 Å². The van der Waals surface area contributed by atoms with E-state index in [0.29, 0.717) is 45.2 Å². The van der Waals surface area contributed by atoms with Gasteiger partial charge < -0.3 is 19.8 Å². The molecule has 0 bridgehead atoms. The van der Waals surface area contributed by atoms with Gasteiger partial charge in [-0.2, -0.15) is 0 Å². The van der Waals surface area contributed by atoms with Gasteiger partial charge in [0.25, 0.3) is 11.5 Å². The molecule has 1 unspecified atom stereocenters. The molecule has 2 N–H and O–H groups in total. The highest BCUT2D eigenvalue weighted by Crippen LogP contribution is 2.27. The monoisotopic (exact) mass is 582 g/mol. The second-order valence-electron chi connectivity index (χ2n) is 9.50. The van der Waals surface area contributed by atoms with Gasteiger partial charge in [0.2, 0.25) is 5.91 Å². The van der Waals surface area contributed by atoms with Crippen molar-refractivity contribution < 1.29 is 18.7 Å². The molecule has 42 heavy (non-hydrogen) atoms. The smallest absolute Gasteiger partial charge is 0.262 e. The largest absolute Gasteiger partial charge is 0.497 e. The zero-order valence-electron chi connectivity index (χ0n) is 23.2. The van der Waals surface area contributed by atoms with Gasteiger partial charge in [0.05, 0.1) is 42.6 Å². The standard InChI is InChI=1S/C32H30N4O5S/c1-3-28(30(38)34-23-8-6-9-24(18-23)40-2)42-32-35-27-12-5-4-11-26(27)31(39)36(32)20-21-13-15-22(16-14-21)29(37)33-19-25-10-7-17-41-25/h4-18,28H,3,19-20H2,1-2H3,(H,33,37)(H,34,38). The van der Waals surface area contributed by atoms with E-state index in [1.807, 2.05) is 25.1 Å². The molecule has 0 aliphatic heterocycles. The van der Waals surface area contributed by atoms with Gasteiger partial charge in [-0.3, -0.25) is 19.0 Å². The molecule has 2 amide bonds. The van der Waals surface area contributed by atoms with Crippen molar-refractivity contribution in [1.29, 1.82) is 0 Å². The molecule has 0 aliphatic carbocycles. The van der Waals surface area contributed by atoms with Crippen LogP contribution < -0.4 is 20.9 Å². The Morgan fingerprint density at radius 2 is 1.83 bits per heavy atom. The van der Waals surface area contributed by atoms with E-state index in [-0.39, 0.29) is 30.5 Å². The molecule has 10 heteroatoms. The van der Waals surface area contributed by atoms with Gasteiger partial charge in [-0.25, -0.2) is 4.98 Å². The van der Waals surface area contributed by atoms with E-state index < -0.39 is 5.25 Å². The average Bonchev–Trinajstić information content (AvgIpc) is 3.54. The lowest BCUT2D eigenvalue weighted by Gasteiger charge is -2.18. The summed E-state index contributed by atoms with van der Waals surface area (Å²) in [4.78, 5) is 44.3. The van der Waals surface area contributed by atoms with Crippen molar-refractivity contribution in [2.45, 2.75) is 36.8 Å². The van der Waals surface area contributed by atoms with Crippen LogP contribution >= 0.6 is 11.8 Å². The number of ether oxygens (including phenoxy) is 1. The molecule has 9 nitrogen and oxygen atoms in total. The molecule has 0 radical (unpaired) electrons. The van der Waals surface area contributed by atoms with Crippen LogP contribution in [0.25, 0.3) is 10.9 Å². The van der Waals surface area contributed by atoms with Gasteiger partial charge in [0, 0.05) is 17.3 Å². The number of rotatable bonds is 11. The maximum atomic E-state index is 13.6. The summed E-state index contributed by atoms with van der Waals surface area (Å²) in [5, 5.41) is 6.19. The van der Waals surface area contributed by atoms with Crippen LogP contribution in [0.5, 0.6) is 5.75 Å². The van der Waals surface area contributed by atoms with E-state index in [1.54, 1.807) is 84.7 Å². The van der Waals surface area contributed by atoms with Gasteiger partial charge in [-0.15, -0.1) is 0 Å². The predicted molar refractivity (Wildman–Crippen MR) is 163 cm³/mol. The summed E-state index contributed by atoms with van der Waals surface area (Å²) in [6.07, 6.45) is 2.08. The average molecular weight is 583 g/mol. The summed E-state index contributed by atoms with van der Waals surface area (Å²) in [6.45, 7) is 2.43. The summed E-state index contributed by atoms with van der Waals surface area (Å²) in [6, 6.07) is 24.9. The topological polar surface area (TPSA) is 115 Å². The van der Waals surface area contributed by atoms with Crippen LogP contribution in [0.15, 0.2) is 106 Å². The summed E-state index contributed by atoms with van der Waals surface area (Å²) in [5.41, 5.74) is 2.28. The normalized spacial score (nSPS) is 11.7. The van der Waals surface area contributed by atoms with E-state index >= 15 is 0 Å². The van der Waals surface area contributed by atoms with E-state index in [0.717, 1.165) is 5.56 Å². The van der Waals surface area contributed by atoms with Gasteiger partial charge in [-0.05, 0) is 60.5 Å². The molecule has 5 rings (SSSR count). The first-order valence-corrected chi connectivity index (χ1v) is 14.3. The molecule has 214 valence electrons. The number of anilines is 1.